The van der Waals surface area contributed by atoms with Crippen LogP contribution in [0.25, 0.3) is 0 Å². The van der Waals surface area contributed by atoms with Gasteiger partial charge in [-0.2, -0.15) is 0 Å². The zero-order chi connectivity index (χ0) is 11.3. The summed E-state index contributed by atoms with van der Waals surface area (Å²) in [4.78, 5) is 13.9. The third-order valence-electron chi connectivity index (χ3n) is 2.44. The molecule has 0 fully saturated rings. The minimum atomic E-state index is 0.0132. The lowest BCUT2D eigenvalue weighted by atomic mass is 10.1. The van der Waals surface area contributed by atoms with Crippen LogP contribution in [0.1, 0.15) is 24.2 Å². The molecule has 0 saturated carbocycles. The molecule has 0 bridgehead atoms. The van der Waals surface area contributed by atoms with E-state index in [0.29, 0.717) is 11.3 Å². The largest absolute Gasteiger partial charge is 0.369 e. The van der Waals surface area contributed by atoms with Crippen molar-refractivity contribution in [1.29, 1.82) is 0 Å². The van der Waals surface area contributed by atoms with Crippen molar-refractivity contribution in [2.24, 2.45) is 0 Å². The monoisotopic (exact) mass is 203 g/mol. The smallest absolute Gasteiger partial charge is 0.208 e. The third kappa shape index (κ3) is 2.69. The summed E-state index contributed by atoms with van der Waals surface area (Å²) in [6.07, 6.45) is 0. The average Bonchev–Trinajstić information content (AvgIpc) is 2.30. The minimum Gasteiger partial charge on any atom is -0.369 e. The van der Waals surface area contributed by atoms with Gasteiger partial charge in [0, 0.05) is 18.7 Å². The Morgan fingerprint density at radius 2 is 1.73 bits per heavy atom. The van der Waals surface area contributed by atoms with E-state index in [0.717, 1.165) is 13.1 Å². The molecule has 0 heterocycles. The number of ketones is 1. The molecule has 0 aliphatic rings. The Kier molecular flexibility index (Phi) is 4.10. The summed E-state index contributed by atoms with van der Waals surface area (Å²) in [6, 6.07) is 9.26. The number of nitrogens with zero attached hydrogens (tertiary/aromatic N) is 1. The van der Waals surface area contributed by atoms with Crippen LogP contribution >= 0.6 is 0 Å². The van der Waals surface area contributed by atoms with Gasteiger partial charge < -0.3 is 4.90 Å². The lowest BCUT2D eigenvalue weighted by molar-refractivity contribution is 0.0994. The highest BCUT2D eigenvalue weighted by atomic mass is 16.1. The van der Waals surface area contributed by atoms with E-state index in [1.54, 1.807) is 0 Å². The van der Waals surface area contributed by atoms with Crippen LogP contribution in [0.3, 0.4) is 0 Å². The Balaban J connectivity index is 2.82. The van der Waals surface area contributed by atoms with Crippen molar-refractivity contribution in [3.63, 3.8) is 0 Å². The average molecular weight is 203 g/mol. The van der Waals surface area contributed by atoms with E-state index in [9.17, 15) is 4.79 Å². The van der Waals surface area contributed by atoms with Crippen molar-refractivity contribution in [2.75, 3.05) is 13.1 Å². The van der Waals surface area contributed by atoms with Crippen LogP contribution in [0.2, 0.25) is 0 Å². The number of rotatable bonds is 5. The van der Waals surface area contributed by atoms with E-state index in [2.05, 4.69) is 6.58 Å². The molecule has 2 heteroatoms. The highest BCUT2D eigenvalue weighted by Gasteiger charge is 2.13. The fourth-order valence-corrected chi connectivity index (χ4v) is 1.51. The molecule has 0 aliphatic heterocycles. The fourth-order valence-electron chi connectivity index (χ4n) is 1.51. The molecule has 1 aromatic rings. The second kappa shape index (κ2) is 5.35. The number of carbonyl (C=O) groups is 1. The van der Waals surface area contributed by atoms with Gasteiger partial charge in [0.15, 0.2) is 0 Å². The number of carbonyl (C=O) groups excluding carboxylic acids is 1. The maximum absolute atomic E-state index is 12.0. The number of hydrogen-bond donors (Lipinski definition) is 0. The van der Waals surface area contributed by atoms with E-state index in [1.807, 2.05) is 49.1 Å². The van der Waals surface area contributed by atoms with Gasteiger partial charge in [0.1, 0.15) is 0 Å². The van der Waals surface area contributed by atoms with Crippen molar-refractivity contribution in [2.45, 2.75) is 13.8 Å². The quantitative estimate of drug-likeness (QED) is 0.541. The maximum atomic E-state index is 12.0. The van der Waals surface area contributed by atoms with E-state index in [1.165, 1.54) is 0 Å². The van der Waals surface area contributed by atoms with Gasteiger partial charge in [-0.1, -0.05) is 36.9 Å². The highest BCUT2D eigenvalue weighted by molar-refractivity contribution is 6.07. The van der Waals surface area contributed by atoms with Gasteiger partial charge in [0.25, 0.3) is 0 Å². The first-order valence-corrected chi connectivity index (χ1v) is 5.24. The molecule has 0 unspecified atom stereocenters. The van der Waals surface area contributed by atoms with Crippen LogP contribution in [0.15, 0.2) is 42.6 Å². The first-order valence-electron chi connectivity index (χ1n) is 5.24. The minimum absolute atomic E-state index is 0.0132. The van der Waals surface area contributed by atoms with Gasteiger partial charge in [-0.3, -0.25) is 4.79 Å². The van der Waals surface area contributed by atoms with Crippen molar-refractivity contribution in [3.8, 4) is 0 Å². The number of allylic oxidation sites excluding steroid dienone is 1. The number of likely N-dealkylation sites (N-methyl/N-ethyl adjacent to an activating group) is 1. The Bertz CT molecular complexity index is 339. The summed E-state index contributed by atoms with van der Waals surface area (Å²) < 4.78 is 0. The molecule has 0 aliphatic carbocycles. The molecule has 1 rings (SSSR count). The molecule has 0 amide bonds. The molecule has 15 heavy (non-hydrogen) atoms. The Morgan fingerprint density at radius 1 is 1.20 bits per heavy atom. The molecule has 0 spiro atoms. The molecular formula is C13H17NO. The Hall–Kier alpha value is -1.57. The standard InChI is InChI=1S/C13H17NO/c1-4-14(5-2)11(3)13(15)12-9-7-6-8-10-12/h6-10H,3-5H2,1-2H3. The van der Waals surface area contributed by atoms with E-state index in [4.69, 9.17) is 0 Å². The zero-order valence-electron chi connectivity index (χ0n) is 9.36. The van der Waals surface area contributed by atoms with Crippen LogP contribution in [0.4, 0.5) is 0 Å². The number of benzene rings is 1. The first-order chi connectivity index (χ1) is 7.20. The maximum Gasteiger partial charge on any atom is 0.208 e. The SMILES string of the molecule is C=C(C(=O)c1ccccc1)N(CC)CC. The predicted octanol–water partition coefficient (Wildman–Crippen LogP) is 2.72. The Morgan fingerprint density at radius 3 is 2.20 bits per heavy atom. The molecular weight excluding hydrogens is 186 g/mol. The molecule has 1 aromatic carbocycles. The summed E-state index contributed by atoms with van der Waals surface area (Å²) in [5.41, 5.74) is 1.28. The topological polar surface area (TPSA) is 20.3 Å². The molecule has 0 aromatic heterocycles. The zero-order valence-corrected chi connectivity index (χ0v) is 9.36. The van der Waals surface area contributed by atoms with Gasteiger partial charge in [-0.15, -0.1) is 0 Å². The van der Waals surface area contributed by atoms with Crippen LogP contribution in [0.5, 0.6) is 0 Å². The van der Waals surface area contributed by atoms with Crippen molar-refractivity contribution in [3.05, 3.63) is 48.2 Å². The van der Waals surface area contributed by atoms with Gasteiger partial charge in [-0.25, -0.2) is 0 Å². The van der Waals surface area contributed by atoms with Gasteiger partial charge in [0.2, 0.25) is 5.78 Å². The van der Waals surface area contributed by atoms with Gasteiger partial charge >= 0.3 is 0 Å². The molecule has 0 saturated heterocycles. The first kappa shape index (κ1) is 11.5. The van der Waals surface area contributed by atoms with Crippen molar-refractivity contribution >= 4 is 5.78 Å². The van der Waals surface area contributed by atoms with Crippen LogP contribution in [-0.4, -0.2) is 23.8 Å². The highest BCUT2D eigenvalue weighted by Crippen LogP contribution is 2.10. The summed E-state index contributed by atoms with van der Waals surface area (Å²) in [5, 5.41) is 0. The fraction of sp³-hybridized carbons (Fsp3) is 0.308. The molecule has 0 atom stereocenters. The normalized spacial score (nSPS) is 9.73. The lowest BCUT2D eigenvalue weighted by Gasteiger charge is -2.22. The molecule has 0 N–H and O–H groups in total. The predicted molar refractivity (Wildman–Crippen MR) is 62.8 cm³/mol. The summed E-state index contributed by atoms with van der Waals surface area (Å²) in [6.45, 7) is 9.52. The number of hydrogen-bond acceptors (Lipinski definition) is 2. The van der Waals surface area contributed by atoms with Crippen molar-refractivity contribution < 1.29 is 4.79 Å². The van der Waals surface area contributed by atoms with Crippen LogP contribution in [0, 0.1) is 0 Å². The lowest BCUT2D eigenvalue weighted by Crippen LogP contribution is -2.26. The van der Waals surface area contributed by atoms with Crippen LogP contribution in [-0.2, 0) is 0 Å². The van der Waals surface area contributed by atoms with E-state index < -0.39 is 0 Å². The third-order valence-corrected chi connectivity index (χ3v) is 2.44. The Labute approximate surface area is 91.2 Å². The van der Waals surface area contributed by atoms with E-state index in [-0.39, 0.29) is 5.78 Å². The molecule has 2 nitrogen and oxygen atoms in total. The number of Topliss-reactive ketones (excluding diaryl/α,β-unsaturated/α-hetero) is 1. The summed E-state index contributed by atoms with van der Waals surface area (Å²) in [7, 11) is 0. The van der Waals surface area contributed by atoms with Crippen molar-refractivity contribution in [1.82, 2.24) is 4.90 Å². The van der Waals surface area contributed by atoms with Crippen LogP contribution < -0.4 is 0 Å². The summed E-state index contributed by atoms with van der Waals surface area (Å²) >= 11 is 0. The molecule has 0 radical (unpaired) electrons. The van der Waals surface area contributed by atoms with Gasteiger partial charge in [-0.05, 0) is 13.8 Å². The van der Waals surface area contributed by atoms with Gasteiger partial charge in [0.05, 0.1) is 5.70 Å². The second-order valence-corrected chi connectivity index (χ2v) is 3.31. The second-order valence-electron chi connectivity index (χ2n) is 3.31. The summed E-state index contributed by atoms with van der Waals surface area (Å²) in [5.74, 6) is 0.0132. The molecule has 80 valence electrons. The van der Waals surface area contributed by atoms with E-state index >= 15 is 0 Å².